The third kappa shape index (κ3) is 4.07. The van der Waals surface area contributed by atoms with Crippen LogP contribution in [0.1, 0.15) is 18.4 Å². The highest BCUT2D eigenvalue weighted by Gasteiger charge is 2.38. The zero-order chi connectivity index (χ0) is 24.5. The van der Waals surface area contributed by atoms with E-state index in [2.05, 4.69) is 22.1 Å². The molecule has 5 rings (SSSR count). The first-order valence-corrected chi connectivity index (χ1v) is 11.5. The molecule has 2 aliphatic rings. The second kappa shape index (κ2) is 9.32. The number of methoxy groups -OCH3 is 3. The van der Waals surface area contributed by atoms with E-state index >= 15 is 0 Å². The summed E-state index contributed by atoms with van der Waals surface area (Å²) in [5.74, 6) is 0.895. The molecule has 2 aliphatic heterocycles. The second-order valence-electron chi connectivity index (χ2n) is 8.65. The summed E-state index contributed by atoms with van der Waals surface area (Å²) in [4.78, 5) is 37.2. The molecule has 9 nitrogen and oxygen atoms in total. The Labute approximate surface area is 203 Å². The van der Waals surface area contributed by atoms with E-state index in [-0.39, 0.29) is 18.2 Å². The van der Waals surface area contributed by atoms with Gasteiger partial charge in [0, 0.05) is 61.5 Å². The average molecular weight is 477 g/mol. The van der Waals surface area contributed by atoms with Gasteiger partial charge >= 0.3 is 0 Å². The molecule has 1 N–H and O–H groups in total. The minimum absolute atomic E-state index is 0.00388. The molecule has 0 spiro atoms. The minimum atomic E-state index is -0.395. The molecule has 2 aromatic heterocycles. The van der Waals surface area contributed by atoms with Gasteiger partial charge in [0.15, 0.2) is 11.5 Å². The smallest absolute Gasteiger partial charge is 0.228 e. The summed E-state index contributed by atoms with van der Waals surface area (Å²) < 4.78 is 16.2. The molecular weight excluding hydrogens is 448 g/mol. The van der Waals surface area contributed by atoms with Gasteiger partial charge in [-0.15, -0.1) is 0 Å². The summed E-state index contributed by atoms with van der Waals surface area (Å²) >= 11 is 0. The number of rotatable bonds is 6. The highest BCUT2D eigenvalue weighted by molar-refractivity contribution is 6.01. The molecule has 182 valence electrons. The minimum Gasteiger partial charge on any atom is -0.493 e. The van der Waals surface area contributed by atoms with Gasteiger partial charge in [0.2, 0.25) is 17.6 Å². The lowest BCUT2D eigenvalue weighted by Gasteiger charge is -2.29. The Bertz CT molecular complexity index is 1290. The van der Waals surface area contributed by atoms with E-state index in [1.54, 1.807) is 23.2 Å². The Balaban J connectivity index is 1.30. The van der Waals surface area contributed by atoms with Crippen molar-refractivity contribution < 1.29 is 23.8 Å². The number of fused-ring (bicyclic) bond motifs is 1. The zero-order valence-corrected chi connectivity index (χ0v) is 20.0. The summed E-state index contributed by atoms with van der Waals surface area (Å²) in [6.07, 6.45) is 6.78. The van der Waals surface area contributed by atoms with Gasteiger partial charge in [0.1, 0.15) is 5.65 Å². The zero-order valence-electron chi connectivity index (χ0n) is 20.0. The van der Waals surface area contributed by atoms with E-state index in [0.717, 1.165) is 23.0 Å². The number of hydrogen-bond acceptors (Lipinski definition) is 6. The van der Waals surface area contributed by atoms with Gasteiger partial charge in [-0.1, -0.05) is 6.08 Å². The Morgan fingerprint density at radius 1 is 1.14 bits per heavy atom. The van der Waals surface area contributed by atoms with Crippen molar-refractivity contribution in [1.29, 1.82) is 0 Å². The van der Waals surface area contributed by atoms with Gasteiger partial charge in [-0.2, -0.15) is 0 Å². The number of pyridine rings is 1. The molecule has 3 aromatic rings. The summed E-state index contributed by atoms with van der Waals surface area (Å²) in [5.41, 5.74) is 3.81. The number of ether oxygens (including phenoxy) is 3. The fraction of sp³-hybridized carbons (Fsp3) is 0.346. The molecule has 2 amide bonds. The van der Waals surface area contributed by atoms with Crippen molar-refractivity contribution in [2.75, 3.05) is 45.9 Å². The van der Waals surface area contributed by atoms with Crippen molar-refractivity contribution in [2.24, 2.45) is 5.92 Å². The molecule has 35 heavy (non-hydrogen) atoms. The van der Waals surface area contributed by atoms with Crippen LogP contribution in [-0.2, 0) is 9.59 Å². The van der Waals surface area contributed by atoms with E-state index in [1.807, 2.05) is 17.2 Å². The number of amides is 2. The third-order valence-electron chi connectivity index (χ3n) is 6.75. The molecule has 1 atom stereocenters. The number of H-pyrrole nitrogens is 1. The lowest BCUT2D eigenvalue weighted by molar-refractivity contribution is -0.135. The van der Waals surface area contributed by atoms with Gasteiger partial charge in [0.25, 0.3) is 0 Å². The number of hydrogen-bond donors (Lipinski definition) is 1. The number of carbonyl (C=O) groups excluding carboxylic acids is 2. The van der Waals surface area contributed by atoms with Crippen LogP contribution < -0.4 is 19.1 Å². The first-order valence-electron chi connectivity index (χ1n) is 11.5. The van der Waals surface area contributed by atoms with E-state index in [4.69, 9.17) is 14.2 Å². The lowest BCUT2D eigenvalue weighted by atomic mass is 9.98. The van der Waals surface area contributed by atoms with E-state index < -0.39 is 5.92 Å². The topological polar surface area (TPSA) is 97.0 Å². The first-order chi connectivity index (χ1) is 17.0. The van der Waals surface area contributed by atoms with Crippen molar-refractivity contribution in [1.82, 2.24) is 14.9 Å². The Hall–Kier alpha value is -4.01. The molecule has 1 aromatic carbocycles. The fourth-order valence-electron chi connectivity index (χ4n) is 4.94. The maximum atomic E-state index is 13.3. The number of carbonyl (C=O) groups is 2. The number of nitrogens with one attached hydrogen (secondary N) is 1. The average Bonchev–Trinajstić information content (AvgIpc) is 3.51. The first kappa shape index (κ1) is 22.8. The predicted octanol–water partition coefficient (Wildman–Crippen LogP) is 3.26. The van der Waals surface area contributed by atoms with Crippen LogP contribution in [-0.4, -0.2) is 67.6 Å². The van der Waals surface area contributed by atoms with Crippen molar-refractivity contribution in [3.63, 3.8) is 0 Å². The lowest BCUT2D eigenvalue weighted by Crippen LogP contribution is -2.39. The molecule has 0 aliphatic carbocycles. The summed E-state index contributed by atoms with van der Waals surface area (Å²) in [6, 6.07) is 7.44. The summed E-state index contributed by atoms with van der Waals surface area (Å²) in [5, 5.41) is 1.08. The van der Waals surface area contributed by atoms with Crippen molar-refractivity contribution in [3.8, 4) is 17.2 Å². The Kier molecular flexibility index (Phi) is 6.07. The van der Waals surface area contributed by atoms with Gasteiger partial charge in [0.05, 0.1) is 32.9 Å². The highest BCUT2D eigenvalue weighted by atomic mass is 16.5. The van der Waals surface area contributed by atoms with E-state index in [1.165, 1.54) is 26.9 Å². The van der Waals surface area contributed by atoms with E-state index in [0.29, 0.717) is 42.6 Å². The van der Waals surface area contributed by atoms with Gasteiger partial charge in [-0.05, 0) is 24.1 Å². The molecule has 0 unspecified atom stereocenters. The van der Waals surface area contributed by atoms with Crippen LogP contribution in [0.25, 0.3) is 16.6 Å². The van der Waals surface area contributed by atoms with Crippen LogP contribution >= 0.6 is 0 Å². The standard InChI is InChI=1S/C26H28N4O5/c1-33-21-12-18(13-22(34-2)24(21)35-3)30-15-17(11-23(30)31)26(32)29-9-6-16(7-10-29)20-14-28-25-19(20)5-4-8-27-25/h4-6,8,12-14,17H,7,9-11,15H2,1-3H3,(H,27,28)/t17-/m0/s1. The molecule has 0 saturated carbocycles. The van der Waals surface area contributed by atoms with Crippen LogP contribution in [0.5, 0.6) is 17.2 Å². The van der Waals surface area contributed by atoms with Gasteiger partial charge in [-0.25, -0.2) is 4.98 Å². The SMILES string of the molecule is COc1cc(N2C[C@@H](C(=O)N3CC=C(c4c[nH]c5ncccc45)CC3)CC2=O)cc(OC)c1OC. The van der Waals surface area contributed by atoms with Crippen molar-refractivity contribution in [2.45, 2.75) is 12.8 Å². The Morgan fingerprint density at radius 2 is 1.91 bits per heavy atom. The normalized spacial score (nSPS) is 18.1. The fourth-order valence-corrected chi connectivity index (χ4v) is 4.94. The maximum Gasteiger partial charge on any atom is 0.228 e. The summed E-state index contributed by atoms with van der Waals surface area (Å²) in [6.45, 7) is 1.46. The monoisotopic (exact) mass is 476 g/mol. The van der Waals surface area contributed by atoms with Crippen molar-refractivity contribution in [3.05, 3.63) is 48.3 Å². The predicted molar refractivity (Wildman–Crippen MR) is 132 cm³/mol. The van der Waals surface area contributed by atoms with Crippen LogP contribution in [0.15, 0.2) is 42.7 Å². The maximum absolute atomic E-state index is 13.3. The molecular formula is C26H28N4O5. The van der Waals surface area contributed by atoms with Gasteiger partial charge in [-0.3, -0.25) is 9.59 Å². The second-order valence-corrected chi connectivity index (χ2v) is 8.65. The number of aromatic amines is 1. The molecule has 4 heterocycles. The molecule has 1 saturated heterocycles. The van der Waals surface area contributed by atoms with Crippen LogP contribution in [0.3, 0.4) is 0 Å². The largest absolute Gasteiger partial charge is 0.493 e. The van der Waals surface area contributed by atoms with Crippen molar-refractivity contribution >= 4 is 34.1 Å². The van der Waals surface area contributed by atoms with Gasteiger partial charge < -0.3 is 29.0 Å². The third-order valence-corrected chi connectivity index (χ3v) is 6.75. The number of aromatic nitrogens is 2. The quantitative estimate of drug-likeness (QED) is 0.587. The highest BCUT2D eigenvalue weighted by Crippen LogP contribution is 2.42. The molecule has 1 fully saturated rings. The number of anilines is 1. The Morgan fingerprint density at radius 3 is 2.57 bits per heavy atom. The molecule has 0 bridgehead atoms. The van der Waals surface area contributed by atoms with Crippen LogP contribution in [0.2, 0.25) is 0 Å². The summed E-state index contributed by atoms with van der Waals surface area (Å²) in [7, 11) is 4.60. The number of benzene rings is 1. The molecule has 9 heteroatoms. The molecule has 0 radical (unpaired) electrons. The van der Waals surface area contributed by atoms with Crippen LogP contribution in [0, 0.1) is 5.92 Å². The van der Waals surface area contributed by atoms with E-state index in [9.17, 15) is 9.59 Å². The number of nitrogens with zero attached hydrogens (tertiary/aromatic N) is 3. The van der Waals surface area contributed by atoms with Crippen LogP contribution in [0.4, 0.5) is 5.69 Å².